The quantitative estimate of drug-likeness (QED) is 0.131. The summed E-state index contributed by atoms with van der Waals surface area (Å²) in [4.78, 5) is 32.4. The minimum atomic E-state index is -4.67. The SMILES string of the molecule is COC(=O)Nc1nc2ccc(Sc3ccc(NC(=O)Nc4cc(C(F)(F)F)ccc4F)cc3)cc2[nH]1.CS(=O)(=O)O. The molecule has 218 valence electrons. The summed E-state index contributed by atoms with van der Waals surface area (Å²) in [6.45, 7) is 0. The number of ether oxygens (including phenoxy) is 1. The maximum Gasteiger partial charge on any atom is 0.416 e. The Morgan fingerprint density at radius 2 is 1.61 bits per heavy atom. The Hall–Kier alpha value is -4.35. The molecule has 0 aliphatic rings. The van der Waals surface area contributed by atoms with Crippen molar-refractivity contribution in [1.82, 2.24) is 9.97 Å². The minimum Gasteiger partial charge on any atom is -0.453 e. The number of H-pyrrole nitrogens is 1. The van der Waals surface area contributed by atoms with Gasteiger partial charge in [-0.3, -0.25) is 9.87 Å². The zero-order valence-electron chi connectivity index (χ0n) is 21.0. The molecule has 0 unspecified atom stereocenters. The van der Waals surface area contributed by atoms with E-state index in [1.807, 2.05) is 12.1 Å². The molecule has 0 aliphatic carbocycles. The lowest BCUT2D eigenvalue weighted by Gasteiger charge is -2.12. The van der Waals surface area contributed by atoms with Crippen LogP contribution in [0.2, 0.25) is 0 Å². The van der Waals surface area contributed by atoms with Crippen molar-refractivity contribution in [3.63, 3.8) is 0 Å². The molecule has 17 heteroatoms. The number of nitrogens with one attached hydrogen (secondary N) is 4. The highest BCUT2D eigenvalue weighted by molar-refractivity contribution is 7.99. The molecular weight excluding hydrogens is 594 g/mol. The van der Waals surface area contributed by atoms with Gasteiger partial charge in [0, 0.05) is 15.5 Å². The second-order valence-electron chi connectivity index (χ2n) is 8.01. The first-order chi connectivity index (χ1) is 19.1. The van der Waals surface area contributed by atoms with E-state index in [4.69, 9.17) is 4.55 Å². The Bertz CT molecular complexity index is 1650. The zero-order chi connectivity index (χ0) is 30.4. The second-order valence-corrected chi connectivity index (χ2v) is 10.6. The number of anilines is 3. The first-order valence-electron chi connectivity index (χ1n) is 11.1. The number of hydrogen-bond acceptors (Lipinski definition) is 7. The summed E-state index contributed by atoms with van der Waals surface area (Å²) in [6, 6.07) is 13.0. The van der Waals surface area contributed by atoms with Crippen molar-refractivity contribution in [3.8, 4) is 0 Å². The third-order valence-corrected chi connectivity index (χ3v) is 5.75. The number of rotatable bonds is 5. The molecule has 41 heavy (non-hydrogen) atoms. The van der Waals surface area contributed by atoms with E-state index >= 15 is 0 Å². The van der Waals surface area contributed by atoms with Gasteiger partial charge in [0.05, 0.1) is 35.6 Å². The molecular formula is C24H21F4N5O6S2. The number of imidazole rings is 1. The van der Waals surface area contributed by atoms with Crippen molar-refractivity contribution in [2.24, 2.45) is 0 Å². The lowest BCUT2D eigenvalue weighted by atomic mass is 10.2. The Kier molecular flexibility index (Phi) is 9.79. The van der Waals surface area contributed by atoms with E-state index in [0.717, 1.165) is 9.79 Å². The van der Waals surface area contributed by atoms with Crippen molar-refractivity contribution in [1.29, 1.82) is 0 Å². The molecule has 0 spiro atoms. The van der Waals surface area contributed by atoms with Gasteiger partial charge in [-0.2, -0.15) is 21.6 Å². The summed E-state index contributed by atoms with van der Waals surface area (Å²) in [5, 5.41) is 6.99. The van der Waals surface area contributed by atoms with Crippen LogP contribution in [0.3, 0.4) is 0 Å². The van der Waals surface area contributed by atoms with Gasteiger partial charge in [0.15, 0.2) is 0 Å². The molecule has 1 aromatic heterocycles. The van der Waals surface area contributed by atoms with Crippen molar-refractivity contribution in [3.05, 3.63) is 72.0 Å². The Morgan fingerprint density at radius 3 is 2.22 bits per heavy atom. The zero-order valence-corrected chi connectivity index (χ0v) is 22.7. The van der Waals surface area contributed by atoms with Gasteiger partial charge >= 0.3 is 18.3 Å². The normalized spacial score (nSPS) is 11.3. The molecule has 3 amide bonds. The number of aromatic nitrogens is 2. The molecule has 4 aromatic rings. The fourth-order valence-corrected chi connectivity index (χ4v) is 3.94. The van der Waals surface area contributed by atoms with Crippen LogP contribution < -0.4 is 16.0 Å². The van der Waals surface area contributed by atoms with Crippen molar-refractivity contribution in [2.75, 3.05) is 29.3 Å². The van der Waals surface area contributed by atoms with Gasteiger partial charge in [0.25, 0.3) is 10.1 Å². The van der Waals surface area contributed by atoms with E-state index in [2.05, 4.69) is 30.7 Å². The summed E-state index contributed by atoms with van der Waals surface area (Å²) in [6.07, 6.45) is -4.60. The number of aromatic amines is 1. The van der Waals surface area contributed by atoms with Gasteiger partial charge in [0.1, 0.15) is 5.82 Å². The van der Waals surface area contributed by atoms with E-state index < -0.39 is 45.5 Å². The van der Waals surface area contributed by atoms with Gasteiger partial charge in [0.2, 0.25) is 5.95 Å². The number of hydrogen-bond donors (Lipinski definition) is 5. The average molecular weight is 616 g/mol. The molecule has 0 saturated heterocycles. The summed E-state index contributed by atoms with van der Waals surface area (Å²) >= 11 is 1.42. The van der Waals surface area contributed by atoms with Crippen LogP contribution in [0.25, 0.3) is 11.0 Å². The summed E-state index contributed by atoms with van der Waals surface area (Å²) in [7, 11) is -2.42. The third-order valence-electron chi connectivity index (χ3n) is 4.75. The van der Waals surface area contributed by atoms with Crippen LogP contribution in [-0.2, 0) is 21.0 Å². The van der Waals surface area contributed by atoms with Crippen LogP contribution >= 0.6 is 11.8 Å². The van der Waals surface area contributed by atoms with Crippen LogP contribution in [0.15, 0.2) is 70.5 Å². The highest BCUT2D eigenvalue weighted by Gasteiger charge is 2.31. The number of methoxy groups -OCH3 is 1. The number of urea groups is 1. The fourth-order valence-electron chi connectivity index (χ4n) is 3.08. The first-order valence-corrected chi connectivity index (χ1v) is 13.8. The number of carbonyl (C=O) groups excluding carboxylic acids is 2. The summed E-state index contributed by atoms with van der Waals surface area (Å²) < 4.78 is 82.8. The van der Waals surface area contributed by atoms with E-state index in [1.54, 1.807) is 30.3 Å². The molecule has 0 saturated carbocycles. The Balaban J connectivity index is 0.000000850. The molecule has 0 bridgehead atoms. The first kappa shape index (κ1) is 31.2. The predicted octanol–water partition coefficient (Wildman–Crippen LogP) is 6.20. The maximum absolute atomic E-state index is 13.8. The predicted molar refractivity (Wildman–Crippen MR) is 144 cm³/mol. The van der Waals surface area contributed by atoms with Crippen LogP contribution in [-0.4, -0.2) is 48.4 Å². The standard InChI is InChI=1S/C23H17F4N5O3S.CH4O3S/c1-35-22(34)32-20-29-17-9-7-15(11-19(17)30-20)36-14-5-3-13(4-6-14)28-21(33)31-18-10-12(23(25,26)27)2-8-16(18)24;1-5(2,3)4/h2-11H,1H3,(H2,28,31,33)(H2,29,30,32,34);1H3,(H,2,3,4). The molecule has 0 radical (unpaired) electrons. The van der Waals surface area contributed by atoms with Gasteiger partial charge in [-0.05, 0) is 60.7 Å². The minimum absolute atomic E-state index is 0.248. The Labute approximate surface area is 234 Å². The fraction of sp³-hybridized carbons (Fsp3) is 0.125. The number of fused-ring (bicyclic) bond motifs is 1. The number of halogens is 4. The number of amides is 3. The van der Waals surface area contributed by atoms with Gasteiger partial charge in [-0.25, -0.2) is 19.0 Å². The Morgan fingerprint density at radius 1 is 0.976 bits per heavy atom. The van der Waals surface area contributed by atoms with Crippen molar-refractivity contribution < 1.29 is 44.9 Å². The molecule has 1 heterocycles. The summed E-state index contributed by atoms with van der Waals surface area (Å²) in [5.41, 5.74) is 0.0296. The molecule has 3 aromatic carbocycles. The van der Waals surface area contributed by atoms with E-state index in [1.165, 1.54) is 18.9 Å². The topological polar surface area (TPSA) is 163 Å². The largest absolute Gasteiger partial charge is 0.453 e. The molecule has 0 fully saturated rings. The molecule has 11 nitrogen and oxygen atoms in total. The van der Waals surface area contributed by atoms with Gasteiger partial charge in [-0.15, -0.1) is 0 Å². The molecule has 5 N–H and O–H groups in total. The van der Waals surface area contributed by atoms with Gasteiger partial charge in [-0.1, -0.05) is 11.8 Å². The van der Waals surface area contributed by atoms with Crippen LogP contribution in [0.5, 0.6) is 0 Å². The van der Waals surface area contributed by atoms with Crippen molar-refractivity contribution in [2.45, 2.75) is 16.0 Å². The molecule has 4 rings (SSSR count). The average Bonchev–Trinajstić information content (AvgIpc) is 3.26. The maximum atomic E-state index is 13.8. The van der Waals surface area contributed by atoms with Crippen LogP contribution in [0.1, 0.15) is 5.56 Å². The summed E-state index contributed by atoms with van der Waals surface area (Å²) in [5.74, 6) is -0.745. The van der Waals surface area contributed by atoms with E-state index in [9.17, 15) is 35.6 Å². The molecule has 0 atom stereocenters. The lowest BCUT2D eigenvalue weighted by Crippen LogP contribution is -2.20. The van der Waals surface area contributed by atoms with E-state index in [-0.39, 0.29) is 5.95 Å². The van der Waals surface area contributed by atoms with Crippen molar-refractivity contribution >= 4 is 62.4 Å². The third kappa shape index (κ3) is 9.96. The van der Waals surface area contributed by atoms with Crippen LogP contribution in [0.4, 0.5) is 44.5 Å². The van der Waals surface area contributed by atoms with E-state index in [0.29, 0.717) is 41.2 Å². The number of alkyl halides is 3. The highest BCUT2D eigenvalue weighted by Crippen LogP contribution is 2.33. The van der Waals surface area contributed by atoms with Gasteiger partial charge < -0.3 is 20.4 Å². The molecule has 0 aliphatic heterocycles. The van der Waals surface area contributed by atoms with Crippen LogP contribution in [0, 0.1) is 5.82 Å². The number of carbonyl (C=O) groups is 2. The number of nitrogens with zero attached hydrogens (tertiary/aromatic N) is 1. The number of benzene rings is 3. The second kappa shape index (κ2) is 12.9. The smallest absolute Gasteiger partial charge is 0.416 e. The monoisotopic (exact) mass is 615 g/mol. The lowest BCUT2D eigenvalue weighted by molar-refractivity contribution is -0.137. The highest BCUT2D eigenvalue weighted by atomic mass is 32.2.